The maximum atomic E-state index is 12.1. The molecule has 174 valence electrons. The van der Waals surface area contributed by atoms with Gasteiger partial charge in [0.15, 0.2) is 22.4 Å². The number of thioether (sulfide) groups is 1. The standard InChI is InChI=1S/C22H23N3O6S2/c1-3-29-16-10-9-14(11-17(16)30-4-2)23-21(28)25-19(26)12-31-20(27)13-32-22-24-15-7-5-6-8-18(15)33-22/h5-11H,3-4,12-13H2,1-2H3,(H2,23,25,26,28). The highest BCUT2D eigenvalue weighted by atomic mass is 32.2. The summed E-state index contributed by atoms with van der Waals surface area (Å²) in [7, 11) is 0. The lowest BCUT2D eigenvalue weighted by Crippen LogP contribution is -2.37. The van der Waals surface area contributed by atoms with E-state index in [1.54, 1.807) is 18.2 Å². The van der Waals surface area contributed by atoms with Gasteiger partial charge in [0.1, 0.15) is 0 Å². The maximum absolute atomic E-state index is 12.1. The van der Waals surface area contributed by atoms with Crippen LogP contribution in [0.15, 0.2) is 46.8 Å². The molecular weight excluding hydrogens is 466 g/mol. The number of benzene rings is 2. The number of rotatable bonds is 10. The predicted molar refractivity (Wildman–Crippen MR) is 127 cm³/mol. The Morgan fingerprint density at radius 3 is 2.55 bits per heavy atom. The van der Waals surface area contributed by atoms with Gasteiger partial charge < -0.3 is 19.5 Å². The van der Waals surface area contributed by atoms with Crippen LogP contribution in [0.4, 0.5) is 10.5 Å². The summed E-state index contributed by atoms with van der Waals surface area (Å²) in [6.45, 7) is 4.02. The number of nitrogens with zero attached hydrogens (tertiary/aromatic N) is 1. The van der Waals surface area contributed by atoms with E-state index in [1.165, 1.54) is 23.1 Å². The fourth-order valence-corrected chi connectivity index (χ4v) is 4.54. The van der Waals surface area contributed by atoms with Gasteiger partial charge >= 0.3 is 12.0 Å². The molecule has 0 unspecified atom stereocenters. The van der Waals surface area contributed by atoms with Gasteiger partial charge in [0.2, 0.25) is 0 Å². The molecule has 33 heavy (non-hydrogen) atoms. The minimum Gasteiger partial charge on any atom is -0.490 e. The number of amides is 3. The highest BCUT2D eigenvalue weighted by Gasteiger charge is 2.14. The molecule has 2 aromatic carbocycles. The van der Waals surface area contributed by atoms with Gasteiger partial charge in [-0.2, -0.15) is 0 Å². The van der Waals surface area contributed by atoms with Crippen molar-refractivity contribution < 1.29 is 28.6 Å². The number of carbonyl (C=O) groups is 3. The summed E-state index contributed by atoms with van der Waals surface area (Å²) in [5.74, 6) is -0.296. The van der Waals surface area contributed by atoms with Crippen molar-refractivity contribution in [3.8, 4) is 11.5 Å². The zero-order chi connectivity index (χ0) is 23.6. The maximum Gasteiger partial charge on any atom is 0.325 e. The number of hydrogen-bond acceptors (Lipinski definition) is 9. The molecule has 1 heterocycles. The molecule has 3 rings (SSSR count). The van der Waals surface area contributed by atoms with Crippen LogP contribution < -0.4 is 20.1 Å². The van der Waals surface area contributed by atoms with Gasteiger partial charge in [-0.1, -0.05) is 23.9 Å². The largest absolute Gasteiger partial charge is 0.490 e. The first-order valence-electron chi connectivity index (χ1n) is 10.1. The summed E-state index contributed by atoms with van der Waals surface area (Å²) in [6, 6.07) is 11.8. The lowest BCUT2D eigenvalue weighted by atomic mass is 10.2. The first kappa shape index (κ1) is 24.3. The Morgan fingerprint density at radius 2 is 1.79 bits per heavy atom. The summed E-state index contributed by atoms with van der Waals surface area (Å²) in [5.41, 5.74) is 1.28. The van der Waals surface area contributed by atoms with Crippen molar-refractivity contribution in [2.24, 2.45) is 0 Å². The van der Waals surface area contributed by atoms with Crippen LogP contribution in [0, 0.1) is 0 Å². The number of aromatic nitrogens is 1. The number of nitrogens with one attached hydrogen (secondary N) is 2. The number of para-hydroxylation sites is 1. The predicted octanol–water partition coefficient (Wildman–Crippen LogP) is 4.08. The Balaban J connectivity index is 1.42. The zero-order valence-electron chi connectivity index (χ0n) is 18.1. The van der Waals surface area contributed by atoms with Gasteiger partial charge in [0, 0.05) is 11.8 Å². The topological polar surface area (TPSA) is 116 Å². The lowest BCUT2D eigenvalue weighted by molar-refractivity contribution is -0.145. The number of carbonyl (C=O) groups excluding carboxylic acids is 3. The van der Waals surface area contributed by atoms with E-state index in [4.69, 9.17) is 14.2 Å². The Hall–Kier alpha value is -3.31. The molecule has 0 spiro atoms. The first-order valence-corrected chi connectivity index (χ1v) is 11.9. The van der Waals surface area contributed by atoms with E-state index in [9.17, 15) is 14.4 Å². The van der Waals surface area contributed by atoms with Crippen molar-refractivity contribution in [1.82, 2.24) is 10.3 Å². The molecule has 2 N–H and O–H groups in total. The van der Waals surface area contributed by atoms with E-state index >= 15 is 0 Å². The SMILES string of the molecule is CCOc1ccc(NC(=O)NC(=O)COC(=O)CSc2nc3ccccc3s2)cc1OCC. The quantitative estimate of drug-likeness (QED) is 0.323. The Kier molecular flexibility index (Phi) is 8.90. The fraction of sp³-hybridized carbons (Fsp3) is 0.273. The molecule has 9 nitrogen and oxygen atoms in total. The number of fused-ring (bicyclic) bond motifs is 1. The van der Waals surface area contributed by atoms with Crippen LogP contribution in [0.5, 0.6) is 11.5 Å². The molecule has 0 fully saturated rings. The molecule has 3 amide bonds. The van der Waals surface area contributed by atoms with Gasteiger partial charge in [-0.3, -0.25) is 14.9 Å². The van der Waals surface area contributed by atoms with Crippen molar-refractivity contribution in [3.63, 3.8) is 0 Å². The fourth-order valence-electron chi connectivity index (χ4n) is 2.68. The number of esters is 1. The molecule has 0 saturated carbocycles. The number of urea groups is 1. The van der Waals surface area contributed by atoms with Crippen LogP contribution in [0.3, 0.4) is 0 Å². The highest BCUT2D eigenvalue weighted by Crippen LogP contribution is 2.31. The van der Waals surface area contributed by atoms with Crippen LogP contribution in [0.25, 0.3) is 10.2 Å². The minimum absolute atomic E-state index is 0.00564. The minimum atomic E-state index is -0.758. The molecule has 0 radical (unpaired) electrons. The van der Waals surface area contributed by atoms with E-state index in [0.29, 0.717) is 30.4 Å². The van der Waals surface area contributed by atoms with Crippen molar-refractivity contribution in [2.75, 3.05) is 30.9 Å². The number of ether oxygens (including phenoxy) is 3. The van der Waals surface area contributed by atoms with Gasteiger partial charge in [0.25, 0.3) is 5.91 Å². The van der Waals surface area contributed by atoms with Crippen LogP contribution in [-0.4, -0.2) is 48.5 Å². The van der Waals surface area contributed by atoms with Gasteiger partial charge in [-0.05, 0) is 38.1 Å². The molecule has 0 saturated heterocycles. The Labute approximate surface area is 198 Å². The third-order valence-electron chi connectivity index (χ3n) is 4.01. The van der Waals surface area contributed by atoms with E-state index < -0.39 is 24.5 Å². The van der Waals surface area contributed by atoms with Crippen molar-refractivity contribution in [1.29, 1.82) is 0 Å². The zero-order valence-corrected chi connectivity index (χ0v) is 19.7. The second kappa shape index (κ2) is 12.1. The van der Waals surface area contributed by atoms with Crippen LogP contribution >= 0.6 is 23.1 Å². The second-order valence-corrected chi connectivity index (χ2v) is 8.68. The van der Waals surface area contributed by atoms with Crippen molar-refractivity contribution in [3.05, 3.63) is 42.5 Å². The molecule has 11 heteroatoms. The number of thiazole rings is 1. The van der Waals surface area contributed by atoms with Crippen LogP contribution in [0.2, 0.25) is 0 Å². The van der Waals surface area contributed by atoms with Crippen molar-refractivity contribution in [2.45, 2.75) is 18.2 Å². The lowest BCUT2D eigenvalue weighted by Gasteiger charge is -2.13. The number of anilines is 1. The monoisotopic (exact) mass is 489 g/mol. The Bertz CT molecular complexity index is 1100. The Morgan fingerprint density at radius 1 is 1.03 bits per heavy atom. The molecule has 0 aliphatic heterocycles. The first-order chi connectivity index (χ1) is 16.0. The summed E-state index contributed by atoms with van der Waals surface area (Å²) in [4.78, 5) is 40.4. The summed E-state index contributed by atoms with van der Waals surface area (Å²) < 4.78 is 17.7. The van der Waals surface area contributed by atoms with Crippen LogP contribution in [-0.2, 0) is 14.3 Å². The molecule has 3 aromatic rings. The number of imide groups is 1. The smallest absolute Gasteiger partial charge is 0.325 e. The molecule has 0 aliphatic rings. The van der Waals surface area contributed by atoms with Crippen LogP contribution in [0.1, 0.15) is 13.8 Å². The summed E-state index contributed by atoms with van der Waals surface area (Å²) in [5, 5.41) is 4.64. The third kappa shape index (κ3) is 7.36. The summed E-state index contributed by atoms with van der Waals surface area (Å²) in [6.07, 6.45) is 0. The molecule has 1 aromatic heterocycles. The summed E-state index contributed by atoms with van der Waals surface area (Å²) >= 11 is 2.71. The van der Waals surface area contributed by atoms with E-state index in [1.807, 2.05) is 38.1 Å². The third-order valence-corrected chi connectivity index (χ3v) is 6.16. The average Bonchev–Trinajstić information content (AvgIpc) is 3.21. The molecule has 0 aliphatic carbocycles. The van der Waals surface area contributed by atoms with E-state index in [-0.39, 0.29) is 5.75 Å². The van der Waals surface area contributed by atoms with Crippen molar-refractivity contribution >= 4 is 56.9 Å². The van der Waals surface area contributed by atoms with Gasteiger partial charge in [-0.25, -0.2) is 9.78 Å². The molecule has 0 atom stereocenters. The van der Waals surface area contributed by atoms with E-state index in [2.05, 4.69) is 15.6 Å². The van der Waals surface area contributed by atoms with E-state index in [0.717, 1.165) is 14.6 Å². The van der Waals surface area contributed by atoms with Gasteiger partial charge in [0.05, 0.1) is 29.2 Å². The average molecular weight is 490 g/mol. The van der Waals surface area contributed by atoms with Gasteiger partial charge in [-0.15, -0.1) is 11.3 Å². The second-order valence-electron chi connectivity index (χ2n) is 6.43. The normalized spacial score (nSPS) is 10.5. The highest BCUT2D eigenvalue weighted by molar-refractivity contribution is 8.01. The molecule has 0 bridgehead atoms. The number of hydrogen-bond donors (Lipinski definition) is 2. The molecular formula is C22H23N3O6S2.